The van der Waals surface area contributed by atoms with Gasteiger partial charge in [-0.15, -0.1) is 0 Å². The molecule has 0 bridgehead atoms. The van der Waals surface area contributed by atoms with Crippen molar-refractivity contribution in [2.24, 2.45) is 10.8 Å². The second-order valence-electron chi connectivity index (χ2n) is 6.87. The lowest BCUT2D eigenvalue weighted by molar-refractivity contribution is 0.388. The first kappa shape index (κ1) is 15.2. The van der Waals surface area contributed by atoms with Gasteiger partial charge in [0.05, 0.1) is 14.2 Å². The third kappa shape index (κ3) is 2.28. The van der Waals surface area contributed by atoms with E-state index in [1.165, 1.54) is 0 Å². The highest BCUT2D eigenvalue weighted by Crippen LogP contribution is 2.63. The van der Waals surface area contributed by atoms with E-state index >= 15 is 0 Å². The van der Waals surface area contributed by atoms with Crippen LogP contribution >= 0.6 is 0 Å². The maximum atomic E-state index is 5.48. The molecular formula is C17H27NO2. The van der Waals surface area contributed by atoms with Gasteiger partial charge in [0.1, 0.15) is 11.5 Å². The zero-order chi connectivity index (χ0) is 15.1. The number of rotatable bonds is 5. The van der Waals surface area contributed by atoms with E-state index in [1.54, 1.807) is 14.2 Å². The van der Waals surface area contributed by atoms with Crippen molar-refractivity contribution in [1.29, 1.82) is 0 Å². The summed E-state index contributed by atoms with van der Waals surface area (Å²) < 4.78 is 10.8. The highest BCUT2D eigenvalue weighted by molar-refractivity contribution is 5.42. The van der Waals surface area contributed by atoms with E-state index in [2.05, 4.69) is 46.0 Å². The molecule has 3 nitrogen and oxygen atoms in total. The van der Waals surface area contributed by atoms with Crippen LogP contribution in [-0.4, -0.2) is 20.3 Å². The minimum Gasteiger partial charge on any atom is -0.497 e. The average molecular weight is 277 g/mol. The van der Waals surface area contributed by atoms with Gasteiger partial charge in [0.25, 0.3) is 0 Å². The van der Waals surface area contributed by atoms with Crippen molar-refractivity contribution in [3.63, 3.8) is 0 Å². The van der Waals surface area contributed by atoms with Gasteiger partial charge >= 0.3 is 0 Å². The van der Waals surface area contributed by atoms with Crippen LogP contribution in [0.15, 0.2) is 18.2 Å². The lowest BCUT2D eigenvalue weighted by Crippen LogP contribution is -2.26. The molecule has 1 aliphatic rings. The van der Waals surface area contributed by atoms with Gasteiger partial charge in [0.15, 0.2) is 0 Å². The van der Waals surface area contributed by atoms with Crippen molar-refractivity contribution in [3.05, 3.63) is 23.8 Å². The smallest absolute Gasteiger partial charge is 0.123 e. The molecule has 0 radical (unpaired) electrons. The first-order valence-corrected chi connectivity index (χ1v) is 7.23. The monoisotopic (exact) mass is 277 g/mol. The van der Waals surface area contributed by atoms with E-state index < -0.39 is 0 Å². The molecule has 20 heavy (non-hydrogen) atoms. The summed E-state index contributed by atoms with van der Waals surface area (Å²) in [5.41, 5.74) is 1.80. The van der Waals surface area contributed by atoms with E-state index in [1.807, 2.05) is 12.1 Å². The van der Waals surface area contributed by atoms with E-state index in [0.717, 1.165) is 17.1 Å². The van der Waals surface area contributed by atoms with Crippen LogP contribution in [0.25, 0.3) is 0 Å². The summed E-state index contributed by atoms with van der Waals surface area (Å²) in [5.74, 6) is 1.77. The van der Waals surface area contributed by atoms with Gasteiger partial charge in [-0.1, -0.05) is 27.7 Å². The van der Waals surface area contributed by atoms with E-state index in [4.69, 9.17) is 9.47 Å². The van der Waals surface area contributed by atoms with E-state index in [0.29, 0.717) is 16.9 Å². The molecule has 1 aromatic rings. The molecule has 0 spiro atoms. The summed E-state index contributed by atoms with van der Waals surface area (Å²) >= 11 is 0. The normalized spacial score (nSPS) is 21.4. The zero-order valence-electron chi connectivity index (χ0n) is 13.7. The van der Waals surface area contributed by atoms with Gasteiger partial charge < -0.3 is 14.8 Å². The Morgan fingerprint density at radius 2 is 1.65 bits per heavy atom. The standard InChI is InChI=1S/C17H27NO2/c1-11(18-15-16(2,3)17(15,4)5)13-10-12(19-6)8-9-14(13)20-7/h8-11,15,18H,1-7H3. The molecule has 112 valence electrons. The molecule has 1 saturated carbocycles. The van der Waals surface area contributed by atoms with Crippen molar-refractivity contribution < 1.29 is 9.47 Å². The average Bonchev–Trinajstić information content (AvgIpc) is 2.80. The van der Waals surface area contributed by atoms with Gasteiger partial charge in [0, 0.05) is 17.6 Å². The molecule has 1 fully saturated rings. The molecule has 1 unspecified atom stereocenters. The Balaban J connectivity index is 2.19. The van der Waals surface area contributed by atoms with Crippen molar-refractivity contribution >= 4 is 0 Å². The van der Waals surface area contributed by atoms with Gasteiger partial charge in [-0.3, -0.25) is 0 Å². The van der Waals surface area contributed by atoms with Crippen LogP contribution in [0.1, 0.15) is 46.2 Å². The SMILES string of the molecule is COc1ccc(OC)c(C(C)NC2C(C)(C)C2(C)C)c1. The predicted molar refractivity (Wildman–Crippen MR) is 82.4 cm³/mol. The zero-order valence-corrected chi connectivity index (χ0v) is 13.7. The number of nitrogens with one attached hydrogen (secondary N) is 1. The molecule has 0 aliphatic heterocycles. The van der Waals surface area contributed by atoms with Crippen molar-refractivity contribution in [1.82, 2.24) is 5.32 Å². The predicted octanol–water partition coefficient (Wildman–Crippen LogP) is 3.79. The molecule has 2 rings (SSSR count). The molecule has 0 aromatic heterocycles. The van der Waals surface area contributed by atoms with Crippen LogP contribution in [0.5, 0.6) is 11.5 Å². The molecule has 1 aromatic carbocycles. The summed E-state index contributed by atoms with van der Waals surface area (Å²) in [4.78, 5) is 0. The maximum absolute atomic E-state index is 5.48. The van der Waals surface area contributed by atoms with Gasteiger partial charge in [-0.25, -0.2) is 0 Å². The van der Waals surface area contributed by atoms with Crippen LogP contribution in [0.2, 0.25) is 0 Å². The quantitative estimate of drug-likeness (QED) is 0.888. The number of hydrogen-bond donors (Lipinski definition) is 1. The van der Waals surface area contributed by atoms with Crippen molar-refractivity contribution in [2.45, 2.75) is 46.7 Å². The number of hydrogen-bond acceptors (Lipinski definition) is 3. The third-order valence-corrected chi connectivity index (χ3v) is 5.34. The highest BCUT2D eigenvalue weighted by atomic mass is 16.5. The van der Waals surface area contributed by atoms with E-state index in [-0.39, 0.29) is 6.04 Å². The lowest BCUT2D eigenvalue weighted by Gasteiger charge is -2.19. The second kappa shape index (κ2) is 4.96. The van der Waals surface area contributed by atoms with Gasteiger partial charge in [-0.05, 0) is 36.0 Å². The third-order valence-electron chi connectivity index (χ3n) is 5.34. The molecule has 0 saturated heterocycles. The fraction of sp³-hybridized carbons (Fsp3) is 0.647. The fourth-order valence-corrected chi connectivity index (χ4v) is 3.13. The highest BCUT2D eigenvalue weighted by Gasteiger charge is 2.64. The summed E-state index contributed by atoms with van der Waals surface area (Å²) in [6.07, 6.45) is 0. The Morgan fingerprint density at radius 3 is 2.10 bits per heavy atom. The molecule has 3 heteroatoms. The van der Waals surface area contributed by atoms with Crippen LogP contribution in [0.4, 0.5) is 0 Å². The Kier molecular flexibility index (Phi) is 3.76. The maximum Gasteiger partial charge on any atom is 0.123 e. The number of ether oxygens (including phenoxy) is 2. The van der Waals surface area contributed by atoms with E-state index in [9.17, 15) is 0 Å². The fourth-order valence-electron chi connectivity index (χ4n) is 3.13. The molecule has 1 aliphatic carbocycles. The molecule has 1 N–H and O–H groups in total. The van der Waals surface area contributed by atoms with Crippen LogP contribution in [0.3, 0.4) is 0 Å². The number of benzene rings is 1. The largest absolute Gasteiger partial charge is 0.497 e. The summed E-state index contributed by atoms with van der Waals surface area (Å²) in [6.45, 7) is 11.5. The van der Waals surface area contributed by atoms with Gasteiger partial charge in [0.2, 0.25) is 0 Å². The van der Waals surface area contributed by atoms with Crippen molar-refractivity contribution in [2.75, 3.05) is 14.2 Å². The minimum absolute atomic E-state index is 0.228. The molecular weight excluding hydrogens is 250 g/mol. The first-order valence-electron chi connectivity index (χ1n) is 7.23. The van der Waals surface area contributed by atoms with Crippen molar-refractivity contribution in [3.8, 4) is 11.5 Å². The summed E-state index contributed by atoms with van der Waals surface area (Å²) in [5, 5.41) is 3.74. The summed E-state index contributed by atoms with van der Waals surface area (Å²) in [6, 6.07) is 6.70. The summed E-state index contributed by atoms with van der Waals surface area (Å²) in [7, 11) is 3.40. The van der Waals surface area contributed by atoms with Gasteiger partial charge in [-0.2, -0.15) is 0 Å². The molecule has 1 atom stereocenters. The molecule has 0 heterocycles. The Hall–Kier alpha value is -1.22. The van der Waals surface area contributed by atoms with Crippen LogP contribution in [0, 0.1) is 10.8 Å². The minimum atomic E-state index is 0.228. The Morgan fingerprint density at radius 1 is 1.05 bits per heavy atom. The van der Waals surface area contributed by atoms with Crippen LogP contribution < -0.4 is 14.8 Å². The van der Waals surface area contributed by atoms with Crippen LogP contribution in [-0.2, 0) is 0 Å². The molecule has 0 amide bonds. The number of methoxy groups -OCH3 is 2. The topological polar surface area (TPSA) is 30.5 Å². The lowest BCUT2D eigenvalue weighted by atomic mass is 10.0. The Labute approximate surface area is 122 Å². The second-order valence-corrected chi connectivity index (χ2v) is 6.87. The Bertz CT molecular complexity index is 480. The first-order chi connectivity index (χ1) is 9.25.